The molecule has 1 heterocycles. The molecule has 1 aromatic rings. The van der Waals surface area contributed by atoms with Gasteiger partial charge in [-0.1, -0.05) is 37.9 Å². The molecule has 0 radical (unpaired) electrons. The Morgan fingerprint density at radius 2 is 2.05 bits per heavy atom. The zero-order chi connectivity index (χ0) is 13.9. The SMILES string of the molecule is Cc1ncoc1C(=O)NC1(C(N)=S)CCCCCC1. The Labute approximate surface area is 117 Å². The number of aromatic nitrogens is 1. The average Bonchev–Trinajstić information content (AvgIpc) is 2.64. The van der Waals surface area contributed by atoms with Crippen LogP contribution in [0.5, 0.6) is 0 Å². The molecule has 104 valence electrons. The Kier molecular flexibility index (Phi) is 4.19. The molecule has 3 N–H and O–H groups in total. The maximum atomic E-state index is 12.3. The van der Waals surface area contributed by atoms with Gasteiger partial charge < -0.3 is 15.5 Å². The minimum Gasteiger partial charge on any atom is -0.438 e. The van der Waals surface area contributed by atoms with Crippen LogP contribution in [0.2, 0.25) is 0 Å². The van der Waals surface area contributed by atoms with Crippen molar-refractivity contribution in [1.29, 1.82) is 0 Å². The summed E-state index contributed by atoms with van der Waals surface area (Å²) in [5.74, 6) is -0.0513. The predicted molar refractivity (Wildman–Crippen MR) is 75.9 cm³/mol. The van der Waals surface area contributed by atoms with Crippen molar-refractivity contribution in [3.05, 3.63) is 17.8 Å². The van der Waals surface area contributed by atoms with E-state index in [2.05, 4.69) is 10.3 Å². The van der Waals surface area contributed by atoms with E-state index in [4.69, 9.17) is 22.4 Å². The van der Waals surface area contributed by atoms with E-state index < -0.39 is 5.54 Å². The highest BCUT2D eigenvalue weighted by molar-refractivity contribution is 7.80. The van der Waals surface area contributed by atoms with Crippen LogP contribution < -0.4 is 11.1 Å². The van der Waals surface area contributed by atoms with E-state index in [0.717, 1.165) is 38.5 Å². The summed E-state index contributed by atoms with van der Waals surface area (Å²) < 4.78 is 5.12. The van der Waals surface area contributed by atoms with Gasteiger partial charge in [-0.2, -0.15) is 0 Å². The first-order chi connectivity index (χ1) is 9.05. The number of amides is 1. The van der Waals surface area contributed by atoms with Gasteiger partial charge in [0.05, 0.1) is 16.2 Å². The van der Waals surface area contributed by atoms with Crippen LogP contribution in [0.25, 0.3) is 0 Å². The molecule has 1 amide bonds. The van der Waals surface area contributed by atoms with Crippen molar-refractivity contribution in [2.45, 2.75) is 51.0 Å². The average molecular weight is 281 g/mol. The standard InChI is InChI=1S/C13H19N3O2S/c1-9-10(18-8-15-9)11(17)16-13(12(14)19)6-4-2-3-5-7-13/h8H,2-7H2,1H3,(H2,14,19)(H,16,17). The van der Waals surface area contributed by atoms with Crippen molar-refractivity contribution in [3.8, 4) is 0 Å². The van der Waals surface area contributed by atoms with Crippen LogP contribution in [0.3, 0.4) is 0 Å². The molecule has 1 fully saturated rings. The predicted octanol–water partition coefficient (Wildman–Crippen LogP) is 2.09. The molecular formula is C13H19N3O2S. The van der Waals surface area contributed by atoms with Crippen LogP contribution in [0, 0.1) is 6.92 Å². The van der Waals surface area contributed by atoms with Crippen LogP contribution in [0.4, 0.5) is 0 Å². The third kappa shape index (κ3) is 2.94. The third-order valence-electron chi connectivity index (χ3n) is 3.73. The topological polar surface area (TPSA) is 81.2 Å². The quantitative estimate of drug-likeness (QED) is 0.655. The molecule has 1 saturated carbocycles. The van der Waals surface area contributed by atoms with Gasteiger partial charge in [-0.25, -0.2) is 4.98 Å². The summed E-state index contributed by atoms with van der Waals surface area (Å²) in [6.45, 7) is 1.74. The first-order valence-electron chi connectivity index (χ1n) is 6.58. The van der Waals surface area contributed by atoms with Gasteiger partial charge in [0.1, 0.15) is 0 Å². The molecule has 0 aliphatic heterocycles. The molecule has 0 saturated heterocycles. The Balaban J connectivity index is 2.19. The van der Waals surface area contributed by atoms with Gasteiger partial charge in [-0.05, 0) is 19.8 Å². The van der Waals surface area contributed by atoms with Crippen molar-refractivity contribution in [3.63, 3.8) is 0 Å². The van der Waals surface area contributed by atoms with E-state index in [9.17, 15) is 4.79 Å². The lowest BCUT2D eigenvalue weighted by Gasteiger charge is -2.32. The number of carbonyl (C=O) groups excluding carboxylic acids is 1. The van der Waals surface area contributed by atoms with Gasteiger partial charge >= 0.3 is 0 Å². The Morgan fingerprint density at radius 3 is 2.53 bits per heavy atom. The van der Waals surface area contributed by atoms with E-state index in [1.807, 2.05) is 0 Å². The van der Waals surface area contributed by atoms with E-state index >= 15 is 0 Å². The second-order valence-corrected chi connectivity index (χ2v) is 5.52. The van der Waals surface area contributed by atoms with Gasteiger partial charge in [0, 0.05) is 0 Å². The fourth-order valence-corrected chi connectivity index (χ4v) is 2.81. The molecule has 19 heavy (non-hydrogen) atoms. The van der Waals surface area contributed by atoms with Gasteiger partial charge in [0.15, 0.2) is 6.39 Å². The number of carbonyl (C=O) groups is 1. The summed E-state index contributed by atoms with van der Waals surface area (Å²) in [5, 5.41) is 2.98. The molecule has 5 nitrogen and oxygen atoms in total. The molecule has 0 atom stereocenters. The monoisotopic (exact) mass is 281 g/mol. The van der Waals surface area contributed by atoms with Crippen molar-refractivity contribution in [2.24, 2.45) is 5.73 Å². The minimum atomic E-state index is -0.581. The molecule has 0 unspecified atom stereocenters. The Hall–Kier alpha value is -1.43. The summed E-state index contributed by atoms with van der Waals surface area (Å²) in [7, 11) is 0. The highest BCUT2D eigenvalue weighted by Gasteiger charge is 2.36. The van der Waals surface area contributed by atoms with E-state index in [-0.39, 0.29) is 11.7 Å². The van der Waals surface area contributed by atoms with Crippen LogP contribution >= 0.6 is 12.2 Å². The molecule has 1 aliphatic carbocycles. The molecule has 6 heteroatoms. The summed E-state index contributed by atoms with van der Waals surface area (Å²) >= 11 is 5.19. The summed E-state index contributed by atoms with van der Waals surface area (Å²) in [6, 6.07) is 0. The number of oxazole rings is 1. The molecular weight excluding hydrogens is 262 g/mol. The Morgan fingerprint density at radius 1 is 1.42 bits per heavy atom. The lowest BCUT2D eigenvalue weighted by molar-refractivity contribution is 0.0888. The summed E-state index contributed by atoms with van der Waals surface area (Å²) in [4.78, 5) is 16.5. The number of hydrogen-bond acceptors (Lipinski definition) is 4. The fourth-order valence-electron chi connectivity index (χ4n) is 2.56. The minimum absolute atomic E-state index is 0.236. The maximum Gasteiger partial charge on any atom is 0.289 e. The number of aryl methyl sites for hydroxylation is 1. The van der Waals surface area contributed by atoms with Crippen LogP contribution in [-0.4, -0.2) is 21.4 Å². The molecule has 0 bridgehead atoms. The number of thiocarbonyl (C=S) groups is 1. The van der Waals surface area contributed by atoms with Gasteiger partial charge in [0.2, 0.25) is 5.76 Å². The molecule has 1 aromatic heterocycles. The second-order valence-electron chi connectivity index (χ2n) is 5.08. The van der Waals surface area contributed by atoms with Crippen molar-refractivity contribution in [1.82, 2.24) is 10.3 Å². The third-order valence-corrected chi connectivity index (χ3v) is 4.12. The first kappa shape index (κ1) is 14.0. The number of nitrogens with one attached hydrogen (secondary N) is 1. The van der Waals surface area contributed by atoms with Gasteiger partial charge in [0.25, 0.3) is 5.91 Å². The molecule has 0 aromatic carbocycles. The second kappa shape index (κ2) is 5.69. The molecule has 2 rings (SSSR count). The lowest BCUT2D eigenvalue weighted by atomic mass is 9.90. The summed E-state index contributed by atoms with van der Waals surface area (Å²) in [6.07, 6.45) is 7.20. The van der Waals surface area contributed by atoms with Crippen LogP contribution in [0.15, 0.2) is 10.8 Å². The maximum absolute atomic E-state index is 12.3. The highest BCUT2D eigenvalue weighted by atomic mass is 32.1. The largest absolute Gasteiger partial charge is 0.438 e. The lowest BCUT2D eigenvalue weighted by Crippen LogP contribution is -2.56. The number of nitrogens with two attached hydrogens (primary N) is 1. The molecule has 1 aliphatic rings. The Bertz CT molecular complexity index is 476. The zero-order valence-electron chi connectivity index (χ0n) is 11.1. The number of rotatable bonds is 3. The van der Waals surface area contributed by atoms with Crippen molar-refractivity contribution >= 4 is 23.1 Å². The van der Waals surface area contributed by atoms with E-state index in [1.54, 1.807) is 6.92 Å². The molecule has 0 spiro atoms. The smallest absolute Gasteiger partial charge is 0.289 e. The van der Waals surface area contributed by atoms with E-state index in [1.165, 1.54) is 6.39 Å². The van der Waals surface area contributed by atoms with Gasteiger partial charge in [-0.15, -0.1) is 0 Å². The van der Waals surface area contributed by atoms with Crippen LogP contribution in [0.1, 0.15) is 54.8 Å². The zero-order valence-corrected chi connectivity index (χ0v) is 11.9. The van der Waals surface area contributed by atoms with Crippen molar-refractivity contribution < 1.29 is 9.21 Å². The van der Waals surface area contributed by atoms with E-state index in [0.29, 0.717) is 10.7 Å². The highest BCUT2D eigenvalue weighted by Crippen LogP contribution is 2.28. The first-order valence-corrected chi connectivity index (χ1v) is 6.98. The number of nitrogens with zero attached hydrogens (tertiary/aromatic N) is 1. The normalized spacial score (nSPS) is 18.6. The number of hydrogen-bond donors (Lipinski definition) is 2. The fraction of sp³-hybridized carbons (Fsp3) is 0.615. The summed E-state index contributed by atoms with van der Waals surface area (Å²) in [5.41, 5.74) is 5.87. The van der Waals surface area contributed by atoms with Gasteiger partial charge in [-0.3, -0.25) is 4.79 Å². The van der Waals surface area contributed by atoms with Crippen molar-refractivity contribution in [2.75, 3.05) is 0 Å². The van der Waals surface area contributed by atoms with Crippen LogP contribution in [-0.2, 0) is 0 Å².